The molecule has 1 aromatic rings. The van der Waals surface area contributed by atoms with Gasteiger partial charge in [-0.2, -0.15) is 11.8 Å². The minimum absolute atomic E-state index is 0.705. The van der Waals surface area contributed by atoms with E-state index in [0.29, 0.717) is 5.25 Å². The fourth-order valence-corrected chi connectivity index (χ4v) is 3.06. The summed E-state index contributed by atoms with van der Waals surface area (Å²) in [6.45, 7) is 7.94. The average Bonchev–Trinajstić information content (AvgIpc) is 2.45. The zero-order chi connectivity index (χ0) is 13.5. The molecule has 3 heteroatoms. The number of nitrogens with one attached hydrogen (secondary N) is 2. The lowest BCUT2D eigenvalue weighted by Crippen LogP contribution is -2.33. The molecule has 1 aliphatic rings. The molecule has 2 rings (SSSR count). The van der Waals surface area contributed by atoms with Gasteiger partial charge in [-0.3, -0.25) is 0 Å². The average molecular weight is 278 g/mol. The standard InChI is InChI=1S/C16H26N2S/c1-13(2)19-12-14-5-7-16(8-6-14)18-11-15-4-3-9-17-10-15/h5-8,13,15,17-18H,3-4,9-12H2,1-2H3. The highest BCUT2D eigenvalue weighted by Gasteiger charge is 2.12. The number of anilines is 1. The van der Waals surface area contributed by atoms with Crippen molar-refractivity contribution in [3.05, 3.63) is 29.8 Å². The topological polar surface area (TPSA) is 24.1 Å². The molecule has 0 aliphatic carbocycles. The van der Waals surface area contributed by atoms with Gasteiger partial charge in [-0.15, -0.1) is 0 Å². The first-order valence-electron chi connectivity index (χ1n) is 7.39. The van der Waals surface area contributed by atoms with Gasteiger partial charge in [0.2, 0.25) is 0 Å². The zero-order valence-electron chi connectivity index (χ0n) is 12.1. The lowest BCUT2D eigenvalue weighted by molar-refractivity contribution is 0.393. The van der Waals surface area contributed by atoms with Crippen LogP contribution in [0.3, 0.4) is 0 Å². The lowest BCUT2D eigenvalue weighted by Gasteiger charge is -2.23. The van der Waals surface area contributed by atoms with Gasteiger partial charge in [0, 0.05) is 18.0 Å². The van der Waals surface area contributed by atoms with Gasteiger partial charge >= 0.3 is 0 Å². The Hall–Kier alpha value is -0.670. The fraction of sp³-hybridized carbons (Fsp3) is 0.625. The molecule has 1 aliphatic heterocycles. The van der Waals surface area contributed by atoms with Crippen molar-refractivity contribution < 1.29 is 0 Å². The second-order valence-electron chi connectivity index (χ2n) is 5.65. The number of hydrogen-bond acceptors (Lipinski definition) is 3. The van der Waals surface area contributed by atoms with Crippen LogP contribution in [0.2, 0.25) is 0 Å². The summed E-state index contributed by atoms with van der Waals surface area (Å²) in [5.41, 5.74) is 2.67. The summed E-state index contributed by atoms with van der Waals surface area (Å²) in [5, 5.41) is 7.73. The van der Waals surface area contributed by atoms with Gasteiger partial charge in [0.1, 0.15) is 0 Å². The maximum Gasteiger partial charge on any atom is 0.0340 e. The van der Waals surface area contributed by atoms with Gasteiger partial charge in [0.05, 0.1) is 0 Å². The molecule has 2 nitrogen and oxygen atoms in total. The van der Waals surface area contributed by atoms with Crippen molar-refractivity contribution >= 4 is 17.4 Å². The molecule has 0 bridgehead atoms. The Bertz CT molecular complexity index is 356. The van der Waals surface area contributed by atoms with E-state index in [1.165, 1.54) is 30.6 Å². The summed E-state index contributed by atoms with van der Waals surface area (Å²) in [4.78, 5) is 0. The molecule has 0 amide bonds. The fourth-order valence-electron chi connectivity index (χ4n) is 2.34. The number of rotatable bonds is 6. The van der Waals surface area contributed by atoms with Crippen LogP contribution in [0, 0.1) is 5.92 Å². The highest BCUT2D eigenvalue weighted by Crippen LogP contribution is 2.19. The molecule has 1 atom stereocenters. The van der Waals surface area contributed by atoms with Crippen molar-refractivity contribution in [2.24, 2.45) is 5.92 Å². The Morgan fingerprint density at radius 2 is 2.11 bits per heavy atom. The van der Waals surface area contributed by atoms with E-state index in [1.807, 2.05) is 11.8 Å². The molecule has 106 valence electrons. The normalized spacial score (nSPS) is 19.6. The monoisotopic (exact) mass is 278 g/mol. The first kappa shape index (κ1) is 14.7. The van der Waals surface area contributed by atoms with E-state index < -0.39 is 0 Å². The Labute approximate surface area is 121 Å². The highest BCUT2D eigenvalue weighted by atomic mass is 32.2. The molecule has 19 heavy (non-hydrogen) atoms. The van der Waals surface area contributed by atoms with Crippen molar-refractivity contribution in [1.82, 2.24) is 5.32 Å². The maximum atomic E-state index is 3.56. The Morgan fingerprint density at radius 3 is 2.74 bits per heavy atom. The molecular weight excluding hydrogens is 252 g/mol. The SMILES string of the molecule is CC(C)SCc1ccc(NCC2CCCNC2)cc1. The van der Waals surface area contributed by atoms with E-state index in [2.05, 4.69) is 48.7 Å². The summed E-state index contributed by atoms with van der Waals surface area (Å²) in [6, 6.07) is 8.92. The highest BCUT2D eigenvalue weighted by molar-refractivity contribution is 7.99. The third-order valence-corrected chi connectivity index (χ3v) is 4.70. The zero-order valence-corrected chi connectivity index (χ0v) is 12.9. The van der Waals surface area contributed by atoms with Crippen LogP contribution < -0.4 is 10.6 Å². The van der Waals surface area contributed by atoms with Crippen molar-refractivity contribution in [3.8, 4) is 0 Å². The molecule has 2 N–H and O–H groups in total. The maximum absolute atomic E-state index is 3.56. The third-order valence-electron chi connectivity index (χ3n) is 3.53. The van der Waals surface area contributed by atoms with E-state index in [1.54, 1.807) is 0 Å². The molecule has 1 saturated heterocycles. The van der Waals surface area contributed by atoms with Gasteiger partial charge < -0.3 is 10.6 Å². The van der Waals surface area contributed by atoms with Crippen LogP contribution in [0.5, 0.6) is 0 Å². The summed E-state index contributed by atoms with van der Waals surface area (Å²) in [7, 11) is 0. The first-order chi connectivity index (χ1) is 9.24. The van der Waals surface area contributed by atoms with E-state index in [-0.39, 0.29) is 0 Å². The molecule has 0 radical (unpaired) electrons. The van der Waals surface area contributed by atoms with Crippen LogP contribution in [-0.2, 0) is 5.75 Å². The molecule has 1 unspecified atom stereocenters. The largest absolute Gasteiger partial charge is 0.385 e. The van der Waals surface area contributed by atoms with Gasteiger partial charge in [0.15, 0.2) is 0 Å². The molecule has 1 heterocycles. The predicted molar refractivity (Wildman–Crippen MR) is 87.0 cm³/mol. The number of piperidine rings is 1. The Kier molecular flexibility index (Phi) is 6.05. The second kappa shape index (κ2) is 7.81. The van der Waals surface area contributed by atoms with Crippen molar-refractivity contribution in [1.29, 1.82) is 0 Å². The molecule has 0 saturated carbocycles. The molecular formula is C16H26N2S. The van der Waals surface area contributed by atoms with Crippen molar-refractivity contribution in [3.63, 3.8) is 0 Å². The quantitative estimate of drug-likeness (QED) is 0.829. The van der Waals surface area contributed by atoms with Gasteiger partial charge in [-0.1, -0.05) is 26.0 Å². The molecule has 1 aromatic carbocycles. The number of benzene rings is 1. The summed E-state index contributed by atoms with van der Waals surface area (Å²) in [6.07, 6.45) is 2.67. The molecule has 0 spiro atoms. The van der Waals surface area contributed by atoms with E-state index >= 15 is 0 Å². The van der Waals surface area contributed by atoms with Crippen LogP contribution in [0.1, 0.15) is 32.3 Å². The van der Waals surface area contributed by atoms with Crippen LogP contribution in [0.15, 0.2) is 24.3 Å². The summed E-state index contributed by atoms with van der Waals surface area (Å²) >= 11 is 2.00. The van der Waals surface area contributed by atoms with Gasteiger partial charge in [-0.25, -0.2) is 0 Å². The lowest BCUT2D eigenvalue weighted by atomic mass is 10.00. The Balaban J connectivity index is 1.74. The minimum atomic E-state index is 0.705. The minimum Gasteiger partial charge on any atom is -0.385 e. The van der Waals surface area contributed by atoms with E-state index in [9.17, 15) is 0 Å². The van der Waals surface area contributed by atoms with E-state index in [4.69, 9.17) is 0 Å². The predicted octanol–water partition coefficient (Wildman–Crippen LogP) is 3.74. The van der Waals surface area contributed by atoms with Crippen LogP contribution >= 0.6 is 11.8 Å². The van der Waals surface area contributed by atoms with Gasteiger partial charge in [-0.05, 0) is 54.8 Å². The second-order valence-corrected chi connectivity index (χ2v) is 7.21. The molecule has 0 aromatic heterocycles. The van der Waals surface area contributed by atoms with Crippen molar-refractivity contribution in [2.75, 3.05) is 25.0 Å². The molecule has 1 fully saturated rings. The number of thioether (sulfide) groups is 1. The summed E-state index contributed by atoms with van der Waals surface area (Å²) in [5.74, 6) is 1.90. The summed E-state index contributed by atoms with van der Waals surface area (Å²) < 4.78 is 0. The smallest absolute Gasteiger partial charge is 0.0340 e. The van der Waals surface area contributed by atoms with Crippen LogP contribution in [0.25, 0.3) is 0 Å². The third kappa shape index (κ3) is 5.45. The van der Waals surface area contributed by atoms with Crippen LogP contribution in [-0.4, -0.2) is 24.9 Å². The Morgan fingerprint density at radius 1 is 1.32 bits per heavy atom. The van der Waals surface area contributed by atoms with Gasteiger partial charge in [0.25, 0.3) is 0 Å². The number of hydrogen-bond donors (Lipinski definition) is 2. The first-order valence-corrected chi connectivity index (χ1v) is 8.44. The van der Waals surface area contributed by atoms with Crippen molar-refractivity contribution in [2.45, 2.75) is 37.7 Å². The van der Waals surface area contributed by atoms with Crippen LogP contribution in [0.4, 0.5) is 5.69 Å². The van der Waals surface area contributed by atoms with E-state index in [0.717, 1.165) is 24.8 Å².